The van der Waals surface area contributed by atoms with Crippen LogP contribution in [0.25, 0.3) is 0 Å². The van der Waals surface area contributed by atoms with Crippen LogP contribution in [-0.4, -0.2) is 24.0 Å². The van der Waals surface area contributed by atoms with Crippen molar-refractivity contribution in [3.63, 3.8) is 0 Å². The van der Waals surface area contributed by atoms with Crippen LogP contribution in [0.15, 0.2) is 24.3 Å². The summed E-state index contributed by atoms with van der Waals surface area (Å²) in [5.41, 5.74) is 1.24. The van der Waals surface area contributed by atoms with Gasteiger partial charge in [0.05, 0.1) is 7.11 Å². The molecule has 0 aliphatic carbocycles. The van der Waals surface area contributed by atoms with E-state index in [0.717, 1.165) is 31.4 Å². The Balaban J connectivity index is 2.24. The molecule has 0 aliphatic rings. The van der Waals surface area contributed by atoms with Crippen molar-refractivity contribution in [2.45, 2.75) is 39.0 Å². The number of rotatable bonds is 9. The van der Waals surface area contributed by atoms with Crippen LogP contribution in [0.5, 0.6) is 5.75 Å². The monoisotopic (exact) mass is 278 g/mol. The maximum atomic E-state index is 11.1. The number of aliphatic carboxylic acids is 1. The lowest BCUT2D eigenvalue weighted by atomic mass is 9.97. The molecule has 1 aromatic rings. The topological polar surface area (TPSA) is 63.6 Å². The summed E-state index contributed by atoms with van der Waals surface area (Å²) in [5, 5.41) is 8.89. The van der Waals surface area contributed by atoms with E-state index in [-0.39, 0.29) is 5.78 Å². The third-order valence-electron chi connectivity index (χ3n) is 3.41. The van der Waals surface area contributed by atoms with Crippen LogP contribution in [0.1, 0.15) is 38.2 Å². The van der Waals surface area contributed by atoms with Gasteiger partial charge in [0.1, 0.15) is 17.5 Å². The lowest BCUT2D eigenvalue weighted by molar-refractivity contribution is -0.146. The number of hydrogen-bond donors (Lipinski definition) is 1. The molecule has 0 aromatic heterocycles. The SMILES string of the molecule is COc1ccc(CCCCCC(C(C)=O)C(=O)O)cc1. The van der Waals surface area contributed by atoms with Gasteiger partial charge in [-0.2, -0.15) is 0 Å². The molecule has 4 heteroatoms. The molecule has 0 amide bonds. The van der Waals surface area contributed by atoms with Crippen molar-refractivity contribution in [3.05, 3.63) is 29.8 Å². The first-order chi connectivity index (χ1) is 9.54. The minimum atomic E-state index is -1.01. The second kappa shape index (κ2) is 8.35. The normalized spacial score (nSPS) is 11.9. The first-order valence-corrected chi connectivity index (χ1v) is 6.90. The molecule has 0 fully saturated rings. The number of carboxylic acids is 1. The Bertz CT molecular complexity index is 422. The number of hydrogen-bond acceptors (Lipinski definition) is 3. The largest absolute Gasteiger partial charge is 0.497 e. The number of aryl methyl sites for hydroxylation is 1. The Morgan fingerprint density at radius 2 is 1.80 bits per heavy atom. The molecule has 1 atom stereocenters. The number of Topliss-reactive ketones (excluding diaryl/α,β-unsaturated/α-hetero) is 1. The zero-order valence-electron chi connectivity index (χ0n) is 12.1. The van der Waals surface area contributed by atoms with Crippen LogP contribution in [0.2, 0.25) is 0 Å². The molecule has 0 saturated heterocycles. The highest BCUT2D eigenvalue weighted by Crippen LogP contribution is 2.15. The van der Waals surface area contributed by atoms with Crippen molar-refractivity contribution in [1.29, 1.82) is 0 Å². The molecular formula is C16H22O4. The number of carbonyl (C=O) groups is 2. The van der Waals surface area contributed by atoms with Gasteiger partial charge in [-0.1, -0.05) is 25.0 Å². The fraction of sp³-hybridized carbons (Fsp3) is 0.500. The Morgan fingerprint density at radius 3 is 2.30 bits per heavy atom. The van der Waals surface area contributed by atoms with Crippen molar-refractivity contribution in [1.82, 2.24) is 0 Å². The smallest absolute Gasteiger partial charge is 0.314 e. The summed E-state index contributed by atoms with van der Waals surface area (Å²) in [5.74, 6) is -1.25. The van der Waals surface area contributed by atoms with E-state index in [4.69, 9.17) is 9.84 Å². The molecule has 0 aliphatic heterocycles. The summed E-state index contributed by atoms with van der Waals surface area (Å²) < 4.78 is 5.10. The third kappa shape index (κ3) is 5.43. The first-order valence-electron chi connectivity index (χ1n) is 6.90. The summed E-state index contributed by atoms with van der Waals surface area (Å²) in [6.45, 7) is 1.34. The summed E-state index contributed by atoms with van der Waals surface area (Å²) in [6, 6.07) is 7.94. The van der Waals surface area contributed by atoms with Crippen LogP contribution >= 0.6 is 0 Å². The highest BCUT2D eigenvalue weighted by molar-refractivity contribution is 5.96. The van der Waals surface area contributed by atoms with Crippen LogP contribution < -0.4 is 4.74 Å². The van der Waals surface area contributed by atoms with Crippen molar-refractivity contribution in [2.75, 3.05) is 7.11 Å². The van der Waals surface area contributed by atoms with E-state index in [2.05, 4.69) is 0 Å². The highest BCUT2D eigenvalue weighted by Gasteiger charge is 2.21. The zero-order chi connectivity index (χ0) is 15.0. The molecule has 1 rings (SSSR count). The van der Waals surface area contributed by atoms with Gasteiger partial charge in [-0.05, 0) is 43.9 Å². The van der Waals surface area contributed by atoms with Gasteiger partial charge < -0.3 is 9.84 Å². The highest BCUT2D eigenvalue weighted by atomic mass is 16.5. The fourth-order valence-electron chi connectivity index (χ4n) is 2.15. The Labute approximate surface area is 119 Å². The number of carbonyl (C=O) groups excluding carboxylic acids is 1. The molecule has 0 spiro atoms. The van der Waals surface area contributed by atoms with E-state index in [0.29, 0.717) is 6.42 Å². The van der Waals surface area contributed by atoms with E-state index in [1.165, 1.54) is 12.5 Å². The molecule has 1 N–H and O–H groups in total. The summed E-state index contributed by atoms with van der Waals surface area (Å²) in [7, 11) is 1.64. The van der Waals surface area contributed by atoms with E-state index in [1.54, 1.807) is 7.11 Å². The van der Waals surface area contributed by atoms with E-state index < -0.39 is 11.9 Å². The van der Waals surface area contributed by atoms with Gasteiger partial charge in [0, 0.05) is 0 Å². The van der Waals surface area contributed by atoms with Crippen molar-refractivity contribution in [3.8, 4) is 5.75 Å². The number of benzene rings is 1. The molecule has 0 heterocycles. The molecule has 1 unspecified atom stereocenters. The van der Waals surface area contributed by atoms with Crippen LogP contribution in [0, 0.1) is 5.92 Å². The standard InChI is InChI=1S/C16H22O4/c1-12(17)15(16(18)19)7-5-3-4-6-13-8-10-14(20-2)11-9-13/h8-11,15H,3-7H2,1-2H3,(H,18,19). The lowest BCUT2D eigenvalue weighted by Gasteiger charge is -2.08. The van der Waals surface area contributed by atoms with Gasteiger partial charge in [-0.25, -0.2) is 0 Å². The van der Waals surface area contributed by atoms with Gasteiger partial charge in [-0.3, -0.25) is 9.59 Å². The van der Waals surface area contributed by atoms with Gasteiger partial charge in [0.2, 0.25) is 0 Å². The van der Waals surface area contributed by atoms with E-state index >= 15 is 0 Å². The first kappa shape index (κ1) is 16.2. The molecule has 0 bridgehead atoms. The van der Waals surface area contributed by atoms with Gasteiger partial charge in [-0.15, -0.1) is 0 Å². The Kier molecular flexibility index (Phi) is 6.77. The Hall–Kier alpha value is -1.84. The number of unbranched alkanes of at least 4 members (excludes halogenated alkanes) is 2. The number of methoxy groups -OCH3 is 1. The summed E-state index contributed by atoms with van der Waals surface area (Å²) >= 11 is 0. The lowest BCUT2D eigenvalue weighted by Crippen LogP contribution is -2.21. The molecule has 1 aromatic carbocycles. The Morgan fingerprint density at radius 1 is 1.15 bits per heavy atom. The van der Waals surface area contributed by atoms with E-state index in [1.807, 2.05) is 24.3 Å². The molecular weight excluding hydrogens is 256 g/mol. The maximum Gasteiger partial charge on any atom is 0.314 e. The third-order valence-corrected chi connectivity index (χ3v) is 3.41. The quantitative estimate of drug-likeness (QED) is 0.557. The van der Waals surface area contributed by atoms with Gasteiger partial charge >= 0.3 is 5.97 Å². The minimum Gasteiger partial charge on any atom is -0.497 e. The molecule has 4 nitrogen and oxygen atoms in total. The second-order valence-corrected chi connectivity index (χ2v) is 4.95. The van der Waals surface area contributed by atoms with Crippen LogP contribution in [-0.2, 0) is 16.0 Å². The van der Waals surface area contributed by atoms with Crippen LogP contribution in [0.4, 0.5) is 0 Å². The summed E-state index contributed by atoms with van der Waals surface area (Å²) in [4.78, 5) is 22.0. The average Bonchev–Trinajstić information content (AvgIpc) is 2.42. The molecule has 110 valence electrons. The summed E-state index contributed by atoms with van der Waals surface area (Å²) in [6.07, 6.45) is 4.10. The fourth-order valence-corrected chi connectivity index (χ4v) is 2.15. The molecule has 0 radical (unpaired) electrons. The average molecular weight is 278 g/mol. The van der Waals surface area contributed by atoms with Crippen molar-refractivity contribution in [2.24, 2.45) is 5.92 Å². The van der Waals surface area contributed by atoms with Gasteiger partial charge in [0.25, 0.3) is 0 Å². The van der Waals surface area contributed by atoms with Crippen LogP contribution in [0.3, 0.4) is 0 Å². The van der Waals surface area contributed by atoms with Crippen molar-refractivity contribution >= 4 is 11.8 Å². The maximum absolute atomic E-state index is 11.1. The molecule has 20 heavy (non-hydrogen) atoms. The van der Waals surface area contributed by atoms with Crippen molar-refractivity contribution < 1.29 is 19.4 Å². The molecule has 0 saturated carbocycles. The predicted molar refractivity (Wildman–Crippen MR) is 77.0 cm³/mol. The number of ketones is 1. The van der Waals surface area contributed by atoms with Gasteiger partial charge in [0.15, 0.2) is 0 Å². The number of carboxylic acid groups (broad SMARTS) is 1. The second-order valence-electron chi connectivity index (χ2n) is 4.95. The van der Waals surface area contributed by atoms with E-state index in [9.17, 15) is 9.59 Å². The zero-order valence-corrected chi connectivity index (χ0v) is 12.1. The number of ether oxygens (including phenoxy) is 1. The minimum absolute atomic E-state index is 0.257. The predicted octanol–water partition coefficient (Wildman–Crippen LogP) is 3.09.